The minimum absolute atomic E-state index is 0.161. The highest BCUT2D eigenvalue weighted by molar-refractivity contribution is 7.80. The fourth-order valence-electron chi connectivity index (χ4n) is 1.92. The van der Waals surface area contributed by atoms with Crippen LogP contribution in [-0.4, -0.2) is 37.4 Å². The smallest absolute Gasteiger partial charge is 0.267 e. The molecular formula is C13H16N2O3S. The summed E-state index contributed by atoms with van der Waals surface area (Å²) in [5.74, 6) is 1.69. The molecule has 2 N–H and O–H groups in total. The molecule has 0 radical (unpaired) electrons. The Bertz CT molecular complexity index is 595. The topological polar surface area (TPSA) is 63.4 Å². The maximum Gasteiger partial charge on any atom is 0.267 e. The first-order chi connectivity index (χ1) is 9.21. The SMILES string of the molecule is COc1ccc2[nH]c(C(=O)NCCS)cc2c1OC. The summed E-state index contributed by atoms with van der Waals surface area (Å²) >= 11 is 4.05. The van der Waals surface area contributed by atoms with Gasteiger partial charge in [0.1, 0.15) is 5.69 Å². The molecule has 6 heteroatoms. The third-order valence-electron chi connectivity index (χ3n) is 2.78. The van der Waals surface area contributed by atoms with Gasteiger partial charge in [0.2, 0.25) is 0 Å². The highest BCUT2D eigenvalue weighted by atomic mass is 32.1. The summed E-state index contributed by atoms with van der Waals surface area (Å²) in [5.41, 5.74) is 1.32. The van der Waals surface area contributed by atoms with Crippen molar-refractivity contribution in [3.05, 3.63) is 23.9 Å². The lowest BCUT2D eigenvalue weighted by Crippen LogP contribution is -2.25. The zero-order valence-electron chi connectivity index (χ0n) is 10.8. The number of rotatable bonds is 5. The lowest BCUT2D eigenvalue weighted by atomic mass is 10.2. The summed E-state index contributed by atoms with van der Waals surface area (Å²) < 4.78 is 10.6. The number of aromatic nitrogens is 1. The van der Waals surface area contributed by atoms with Crippen molar-refractivity contribution in [2.24, 2.45) is 0 Å². The van der Waals surface area contributed by atoms with Crippen LogP contribution in [0.2, 0.25) is 0 Å². The molecule has 1 aromatic heterocycles. The predicted octanol–water partition coefficient (Wildman–Crippen LogP) is 1.84. The van der Waals surface area contributed by atoms with E-state index in [9.17, 15) is 4.79 Å². The number of benzene rings is 1. The number of aromatic amines is 1. The number of amides is 1. The van der Waals surface area contributed by atoms with Crippen molar-refractivity contribution < 1.29 is 14.3 Å². The van der Waals surface area contributed by atoms with Crippen LogP contribution in [0.1, 0.15) is 10.5 Å². The Labute approximate surface area is 116 Å². The van der Waals surface area contributed by atoms with Gasteiger partial charge in [-0.05, 0) is 18.2 Å². The van der Waals surface area contributed by atoms with Crippen LogP contribution in [0.5, 0.6) is 11.5 Å². The second kappa shape index (κ2) is 5.88. The summed E-state index contributed by atoms with van der Waals surface area (Å²) in [7, 11) is 3.15. The zero-order chi connectivity index (χ0) is 13.8. The molecule has 0 aliphatic rings. The number of methoxy groups -OCH3 is 2. The van der Waals surface area contributed by atoms with E-state index in [0.717, 1.165) is 10.9 Å². The van der Waals surface area contributed by atoms with Gasteiger partial charge >= 0.3 is 0 Å². The zero-order valence-corrected chi connectivity index (χ0v) is 11.7. The van der Waals surface area contributed by atoms with E-state index < -0.39 is 0 Å². The molecule has 0 saturated heterocycles. The van der Waals surface area contributed by atoms with Gasteiger partial charge < -0.3 is 19.8 Å². The summed E-state index contributed by atoms with van der Waals surface area (Å²) in [6.07, 6.45) is 0. The van der Waals surface area contributed by atoms with Crippen molar-refractivity contribution in [1.29, 1.82) is 0 Å². The molecular weight excluding hydrogens is 264 g/mol. The Hall–Kier alpha value is -1.82. The Morgan fingerprint density at radius 3 is 2.79 bits per heavy atom. The van der Waals surface area contributed by atoms with Gasteiger partial charge in [0.05, 0.1) is 19.7 Å². The van der Waals surface area contributed by atoms with Gasteiger partial charge in [-0.1, -0.05) is 0 Å². The van der Waals surface area contributed by atoms with Crippen LogP contribution >= 0.6 is 12.6 Å². The highest BCUT2D eigenvalue weighted by Gasteiger charge is 2.14. The van der Waals surface area contributed by atoms with Crippen LogP contribution < -0.4 is 14.8 Å². The molecule has 0 unspecified atom stereocenters. The van der Waals surface area contributed by atoms with E-state index in [2.05, 4.69) is 22.9 Å². The molecule has 19 heavy (non-hydrogen) atoms. The summed E-state index contributed by atoms with van der Waals surface area (Å²) in [6, 6.07) is 5.41. The van der Waals surface area contributed by atoms with Gasteiger partial charge in [0, 0.05) is 17.7 Å². The van der Waals surface area contributed by atoms with Crippen LogP contribution in [0.25, 0.3) is 10.9 Å². The molecule has 0 saturated carbocycles. The molecule has 2 aromatic rings. The average molecular weight is 280 g/mol. The first-order valence-corrected chi connectivity index (χ1v) is 6.47. The van der Waals surface area contributed by atoms with E-state index in [0.29, 0.717) is 29.5 Å². The van der Waals surface area contributed by atoms with E-state index in [1.54, 1.807) is 26.4 Å². The van der Waals surface area contributed by atoms with Gasteiger partial charge in [0.25, 0.3) is 5.91 Å². The number of ether oxygens (including phenoxy) is 2. The summed E-state index contributed by atoms with van der Waals surface area (Å²) in [5, 5.41) is 3.57. The van der Waals surface area contributed by atoms with E-state index in [4.69, 9.17) is 9.47 Å². The Morgan fingerprint density at radius 2 is 2.16 bits per heavy atom. The van der Waals surface area contributed by atoms with Crippen LogP contribution in [0.4, 0.5) is 0 Å². The number of nitrogens with one attached hydrogen (secondary N) is 2. The second-order valence-corrected chi connectivity index (χ2v) is 4.37. The van der Waals surface area contributed by atoms with Crippen LogP contribution in [0.3, 0.4) is 0 Å². The molecule has 1 amide bonds. The van der Waals surface area contributed by atoms with Crippen LogP contribution in [-0.2, 0) is 0 Å². The van der Waals surface area contributed by atoms with E-state index in [1.165, 1.54) is 0 Å². The number of hydrogen-bond donors (Lipinski definition) is 3. The number of H-pyrrole nitrogens is 1. The minimum Gasteiger partial charge on any atom is -0.493 e. The van der Waals surface area contributed by atoms with Gasteiger partial charge in [-0.15, -0.1) is 0 Å². The average Bonchev–Trinajstić information content (AvgIpc) is 2.87. The Morgan fingerprint density at radius 1 is 1.37 bits per heavy atom. The predicted molar refractivity (Wildman–Crippen MR) is 77.6 cm³/mol. The first-order valence-electron chi connectivity index (χ1n) is 5.84. The number of carbonyl (C=O) groups is 1. The van der Waals surface area contributed by atoms with Gasteiger partial charge in [-0.2, -0.15) is 12.6 Å². The van der Waals surface area contributed by atoms with E-state index in [1.807, 2.05) is 6.07 Å². The molecule has 1 aromatic carbocycles. The monoisotopic (exact) mass is 280 g/mol. The lowest BCUT2D eigenvalue weighted by molar-refractivity contribution is 0.0952. The fraction of sp³-hybridized carbons (Fsp3) is 0.308. The second-order valence-electron chi connectivity index (χ2n) is 3.92. The highest BCUT2D eigenvalue weighted by Crippen LogP contribution is 2.35. The van der Waals surface area contributed by atoms with Crippen molar-refractivity contribution >= 4 is 29.4 Å². The molecule has 2 rings (SSSR count). The number of fused-ring (bicyclic) bond motifs is 1. The Balaban J connectivity index is 2.42. The molecule has 0 aliphatic carbocycles. The van der Waals surface area contributed by atoms with E-state index in [-0.39, 0.29) is 5.91 Å². The number of carbonyl (C=O) groups excluding carboxylic acids is 1. The molecule has 1 heterocycles. The third-order valence-corrected chi connectivity index (χ3v) is 3.01. The normalized spacial score (nSPS) is 10.5. The third kappa shape index (κ3) is 2.63. The standard InChI is InChI=1S/C13H16N2O3S/c1-17-11-4-3-9-8(12(11)18-2)7-10(15-9)13(16)14-5-6-19/h3-4,7,15,19H,5-6H2,1-2H3,(H,14,16). The molecule has 0 fully saturated rings. The molecule has 0 bridgehead atoms. The van der Waals surface area contributed by atoms with Crippen molar-refractivity contribution in [2.75, 3.05) is 26.5 Å². The van der Waals surface area contributed by atoms with Gasteiger partial charge in [-0.25, -0.2) is 0 Å². The maximum absolute atomic E-state index is 11.9. The van der Waals surface area contributed by atoms with Crippen LogP contribution in [0, 0.1) is 0 Å². The lowest BCUT2D eigenvalue weighted by Gasteiger charge is -2.07. The van der Waals surface area contributed by atoms with E-state index >= 15 is 0 Å². The maximum atomic E-state index is 11.9. The molecule has 5 nitrogen and oxygen atoms in total. The van der Waals surface area contributed by atoms with Crippen molar-refractivity contribution in [3.63, 3.8) is 0 Å². The van der Waals surface area contributed by atoms with Crippen molar-refractivity contribution in [3.8, 4) is 11.5 Å². The minimum atomic E-state index is -0.161. The quantitative estimate of drug-likeness (QED) is 0.732. The largest absolute Gasteiger partial charge is 0.493 e. The van der Waals surface area contributed by atoms with Gasteiger partial charge in [-0.3, -0.25) is 4.79 Å². The molecule has 0 spiro atoms. The molecule has 0 atom stereocenters. The van der Waals surface area contributed by atoms with Crippen molar-refractivity contribution in [1.82, 2.24) is 10.3 Å². The van der Waals surface area contributed by atoms with Gasteiger partial charge in [0.15, 0.2) is 11.5 Å². The number of hydrogen-bond acceptors (Lipinski definition) is 4. The fourth-order valence-corrected chi connectivity index (χ4v) is 2.03. The first kappa shape index (κ1) is 13.6. The number of thiol groups is 1. The van der Waals surface area contributed by atoms with Crippen molar-refractivity contribution in [2.45, 2.75) is 0 Å². The molecule has 102 valence electrons. The Kier molecular flexibility index (Phi) is 4.21. The summed E-state index contributed by atoms with van der Waals surface area (Å²) in [4.78, 5) is 14.9. The molecule has 0 aliphatic heterocycles. The summed E-state index contributed by atoms with van der Waals surface area (Å²) in [6.45, 7) is 0.526. The van der Waals surface area contributed by atoms with Crippen LogP contribution in [0.15, 0.2) is 18.2 Å².